The second-order valence-corrected chi connectivity index (χ2v) is 4.72. The van der Waals surface area contributed by atoms with E-state index in [-0.39, 0.29) is 31.2 Å². The standard InChI is InChI=1S/C13H25F2N3O2.ClH/c1-3-7-18(8-4-2)12(20)6-5-11(19)17-10-13(14,15)9-16;/h3-10,16H2,1-2H3,(H,17,19);1H. The first kappa shape index (κ1) is 22.3. The van der Waals surface area contributed by atoms with E-state index >= 15 is 0 Å². The van der Waals surface area contributed by atoms with Crippen LogP contribution in [-0.2, 0) is 9.59 Å². The van der Waals surface area contributed by atoms with Crippen LogP contribution in [0.15, 0.2) is 0 Å². The molecular weight excluding hydrogens is 304 g/mol. The molecule has 0 atom stereocenters. The summed E-state index contributed by atoms with van der Waals surface area (Å²) in [6, 6.07) is 0. The average molecular weight is 330 g/mol. The van der Waals surface area contributed by atoms with E-state index in [0.717, 1.165) is 12.8 Å². The highest BCUT2D eigenvalue weighted by Gasteiger charge is 2.27. The highest BCUT2D eigenvalue weighted by molar-refractivity contribution is 5.85. The molecule has 21 heavy (non-hydrogen) atoms. The van der Waals surface area contributed by atoms with Crippen LogP contribution in [0.3, 0.4) is 0 Å². The summed E-state index contributed by atoms with van der Waals surface area (Å²) >= 11 is 0. The van der Waals surface area contributed by atoms with E-state index in [1.54, 1.807) is 4.90 Å². The minimum absolute atomic E-state index is 0. The van der Waals surface area contributed by atoms with Crippen molar-refractivity contribution in [3.05, 3.63) is 0 Å². The van der Waals surface area contributed by atoms with Gasteiger partial charge in [0.15, 0.2) is 0 Å². The maximum atomic E-state index is 12.8. The number of amides is 2. The van der Waals surface area contributed by atoms with Crippen LogP contribution in [0.2, 0.25) is 0 Å². The Morgan fingerprint density at radius 1 is 1.14 bits per heavy atom. The van der Waals surface area contributed by atoms with Gasteiger partial charge in [0.1, 0.15) is 0 Å². The molecule has 0 rings (SSSR count). The molecule has 0 aliphatic rings. The Labute approximate surface area is 131 Å². The molecule has 0 aliphatic carbocycles. The van der Waals surface area contributed by atoms with Gasteiger partial charge in [-0.05, 0) is 12.8 Å². The number of carbonyl (C=O) groups is 2. The molecule has 0 aromatic heterocycles. The zero-order chi connectivity index (χ0) is 15.6. The van der Waals surface area contributed by atoms with E-state index in [9.17, 15) is 18.4 Å². The van der Waals surface area contributed by atoms with Crippen molar-refractivity contribution in [2.24, 2.45) is 5.73 Å². The van der Waals surface area contributed by atoms with Crippen LogP contribution >= 0.6 is 12.4 Å². The van der Waals surface area contributed by atoms with Gasteiger partial charge in [0.25, 0.3) is 5.92 Å². The molecule has 0 aromatic carbocycles. The molecule has 5 nitrogen and oxygen atoms in total. The Kier molecular flexibility index (Phi) is 12.4. The Bertz CT molecular complexity index is 312. The second kappa shape index (κ2) is 11.7. The van der Waals surface area contributed by atoms with Crippen LogP contribution in [-0.4, -0.2) is 48.8 Å². The Hall–Kier alpha value is -0.950. The van der Waals surface area contributed by atoms with E-state index in [1.165, 1.54) is 0 Å². The van der Waals surface area contributed by atoms with Crippen LogP contribution in [0.1, 0.15) is 39.5 Å². The van der Waals surface area contributed by atoms with Crippen LogP contribution < -0.4 is 11.1 Å². The first-order chi connectivity index (χ1) is 9.36. The summed E-state index contributed by atoms with van der Waals surface area (Å²) in [4.78, 5) is 25.0. The summed E-state index contributed by atoms with van der Waals surface area (Å²) in [6.45, 7) is 3.64. The Morgan fingerprint density at radius 2 is 1.67 bits per heavy atom. The minimum atomic E-state index is -3.10. The first-order valence-corrected chi connectivity index (χ1v) is 6.98. The van der Waals surface area contributed by atoms with Gasteiger partial charge in [0, 0.05) is 25.9 Å². The summed E-state index contributed by atoms with van der Waals surface area (Å²) in [6.07, 6.45) is 1.66. The molecule has 126 valence electrons. The van der Waals surface area contributed by atoms with E-state index < -0.39 is 24.9 Å². The number of hydrogen-bond donors (Lipinski definition) is 2. The van der Waals surface area contributed by atoms with E-state index in [4.69, 9.17) is 5.73 Å². The van der Waals surface area contributed by atoms with Crippen molar-refractivity contribution >= 4 is 24.2 Å². The monoisotopic (exact) mass is 329 g/mol. The number of alkyl halides is 2. The maximum Gasteiger partial charge on any atom is 0.277 e. The molecule has 0 spiro atoms. The number of halogens is 3. The third-order valence-electron chi connectivity index (χ3n) is 2.75. The van der Waals surface area contributed by atoms with Gasteiger partial charge in [-0.15, -0.1) is 12.4 Å². The number of nitrogens with one attached hydrogen (secondary N) is 1. The van der Waals surface area contributed by atoms with Gasteiger partial charge >= 0.3 is 0 Å². The maximum absolute atomic E-state index is 12.8. The van der Waals surface area contributed by atoms with E-state index in [1.807, 2.05) is 13.8 Å². The molecule has 3 N–H and O–H groups in total. The van der Waals surface area contributed by atoms with Crippen molar-refractivity contribution in [2.75, 3.05) is 26.2 Å². The lowest BCUT2D eigenvalue weighted by atomic mass is 10.2. The molecule has 0 radical (unpaired) electrons. The van der Waals surface area contributed by atoms with Gasteiger partial charge in [-0.1, -0.05) is 13.8 Å². The van der Waals surface area contributed by atoms with Crippen LogP contribution in [0.25, 0.3) is 0 Å². The highest BCUT2D eigenvalue weighted by atomic mass is 35.5. The van der Waals surface area contributed by atoms with Crippen LogP contribution in [0, 0.1) is 0 Å². The fourth-order valence-corrected chi connectivity index (χ4v) is 1.67. The topological polar surface area (TPSA) is 75.4 Å². The molecule has 0 saturated heterocycles. The second-order valence-electron chi connectivity index (χ2n) is 4.72. The van der Waals surface area contributed by atoms with Gasteiger partial charge < -0.3 is 16.0 Å². The van der Waals surface area contributed by atoms with E-state index in [2.05, 4.69) is 5.32 Å². The minimum Gasteiger partial charge on any atom is -0.350 e. The predicted molar refractivity (Wildman–Crippen MR) is 80.7 cm³/mol. The van der Waals surface area contributed by atoms with Crippen molar-refractivity contribution < 1.29 is 18.4 Å². The molecule has 0 bridgehead atoms. The van der Waals surface area contributed by atoms with Crippen molar-refractivity contribution in [2.45, 2.75) is 45.5 Å². The number of nitrogens with two attached hydrogens (primary N) is 1. The molecule has 2 amide bonds. The van der Waals surface area contributed by atoms with Crippen LogP contribution in [0.5, 0.6) is 0 Å². The van der Waals surface area contributed by atoms with Gasteiger partial charge in [-0.3, -0.25) is 9.59 Å². The lowest BCUT2D eigenvalue weighted by Gasteiger charge is -2.21. The van der Waals surface area contributed by atoms with E-state index in [0.29, 0.717) is 13.1 Å². The fraction of sp³-hybridized carbons (Fsp3) is 0.846. The number of hydrogen-bond acceptors (Lipinski definition) is 3. The number of carbonyl (C=O) groups excluding carboxylic acids is 2. The molecule has 0 saturated carbocycles. The van der Waals surface area contributed by atoms with Gasteiger partial charge in [-0.25, -0.2) is 8.78 Å². The lowest BCUT2D eigenvalue weighted by Crippen LogP contribution is -2.42. The van der Waals surface area contributed by atoms with Gasteiger partial charge in [0.2, 0.25) is 11.8 Å². The lowest BCUT2D eigenvalue weighted by molar-refractivity contribution is -0.134. The molecule has 0 unspecified atom stereocenters. The summed E-state index contributed by atoms with van der Waals surface area (Å²) in [5.74, 6) is -3.77. The first-order valence-electron chi connectivity index (χ1n) is 6.98. The zero-order valence-electron chi connectivity index (χ0n) is 12.7. The quantitative estimate of drug-likeness (QED) is 0.638. The largest absolute Gasteiger partial charge is 0.350 e. The fourth-order valence-electron chi connectivity index (χ4n) is 1.67. The van der Waals surface area contributed by atoms with Crippen molar-refractivity contribution in [3.63, 3.8) is 0 Å². The smallest absolute Gasteiger partial charge is 0.277 e. The summed E-state index contributed by atoms with van der Waals surface area (Å²) in [7, 11) is 0. The Morgan fingerprint density at radius 3 is 2.10 bits per heavy atom. The summed E-state index contributed by atoms with van der Waals surface area (Å²) in [5.41, 5.74) is 4.86. The SMILES string of the molecule is CCCN(CCC)C(=O)CCC(=O)NCC(F)(F)CN.Cl. The Balaban J connectivity index is 0. The molecule has 8 heteroatoms. The molecule has 0 aliphatic heterocycles. The van der Waals surface area contributed by atoms with Gasteiger partial charge in [0.05, 0.1) is 13.1 Å². The average Bonchev–Trinajstić information content (AvgIpc) is 2.42. The van der Waals surface area contributed by atoms with Crippen molar-refractivity contribution in [3.8, 4) is 0 Å². The number of nitrogens with zero attached hydrogens (tertiary/aromatic N) is 1. The number of rotatable bonds is 10. The summed E-state index contributed by atoms with van der Waals surface area (Å²) in [5, 5.41) is 2.09. The summed E-state index contributed by atoms with van der Waals surface area (Å²) < 4.78 is 25.7. The third kappa shape index (κ3) is 10.4. The van der Waals surface area contributed by atoms with Crippen LogP contribution in [0.4, 0.5) is 8.78 Å². The molecule has 0 aromatic rings. The van der Waals surface area contributed by atoms with Crippen molar-refractivity contribution in [1.29, 1.82) is 0 Å². The highest BCUT2D eigenvalue weighted by Crippen LogP contribution is 2.09. The normalized spacial score (nSPS) is 10.7. The molecule has 0 fully saturated rings. The predicted octanol–water partition coefficient (Wildman–Crippen LogP) is 1.55. The third-order valence-corrected chi connectivity index (χ3v) is 2.75. The van der Waals surface area contributed by atoms with Crippen molar-refractivity contribution in [1.82, 2.24) is 10.2 Å². The molecular formula is C13H26ClF2N3O2. The molecule has 0 heterocycles. The van der Waals surface area contributed by atoms with Gasteiger partial charge in [-0.2, -0.15) is 0 Å². The zero-order valence-corrected chi connectivity index (χ0v) is 13.5.